The lowest BCUT2D eigenvalue weighted by Gasteiger charge is -2.40. The second-order valence-electron chi connectivity index (χ2n) is 10.5. The maximum absolute atomic E-state index is 14.0. The van der Waals surface area contributed by atoms with Crippen molar-refractivity contribution in [3.05, 3.63) is 58.4 Å². The standard InChI is InChI=1S/C26H24ClF3N2O7S/c1-12-5-14-9-26(11-32(24(34)38-2)25(35)39-26)10-16(12)22(14)40(36,37)20-6-13(3-4-17(20)27)23(33)31-15-7-18(28)21(30)19(29)8-15/h3-4,6-8,12,14,16,22H,5,9-11H2,1-2H3,(H,31,33)/t12-,14?,16?,22+,26-/m0/s1. The Labute approximate surface area is 232 Å². The van der Waals surface area contributed by atoms with Crippen LogP contribution in [0.4, 0.5) is 28.4 Å². The van der Waals surface area contributed by atoms with E-state index in [9.17, 15) is 36.0 Å². The van der Waals surface area contributed by atoms with Gasteiger partial charge in [-0.2, -0.15) is 0 Å². The minimum atomic E-state index is -4.13. The first-order chi connectivity index (χ1) is 18.8. The van der Waals surface area contributed by atoms with Crippen molar-refractivity contribution in [2.24, 2.45) is 17.8 Å². The number of amides is 3. The van der Waals surface area contributed by atoms with E-state index in [2.05, 4.69) is 10.1 Å². The molecule has 2 bridgehead atoms. The summed E-state index contributed by atoms with van der Waals surface area (Å²) in [6, 6.07) is 4.76. The van der Waals surface area contributed by atoms with Crippen LogP contribution in [0.15, 0.2) is 35.2 Å². The molecule has 2 saturated carbocycles. The van der Waals surface area contributed by atoms with Gasteiger partial charge in [-0.3, -0.25) is 4.79 Å². The highest BCUT2D eigenvalue weighted by Gasteiger charge is 2.62. The zero-order valence-corrected chi connectivity index (χ0v) is 22.8. The van der Waals surface area contributed by atoms with Gasteiger partial charge < -0.3 is 14.8 Å². The van der Waals surface area contributed by atoms with Gasteiger partial charge in [0.25, 0.3) is 5.91 Å². The lowest BCUT2D eigenvalue weighted by atomic mass is 9.76. The summed E-state index contributed by atoms with van der Waals surface area (Å²) in [5.74, 6) is -6.51. The van der Waals surface area contributed by atoms with Crippen LogP contribution in [0.5, 0.6) is 0 Å². The van der Waals surface area contributed by atoms with Crippen LogP contribution in [-0.2, 0) is 19.3 Å². The molecule has 3 fully saturated rings. The Morgan fingerprint density at radius 1 is 1.15 bits per heavy atom. The fraction of sp³-hybridized carbons (Fsp3) is 0.423. The molecular weight excluding hydrogens is 577 g/mol. The highest BCUT2D eigenvalue weighted by atomic mass is 35.5. The van der Waals surface area contributed by atoms with Crippen molar-refractivity contribution in [3.63, 3.8) is 0 Å². The van der Waals surface area contributed by atoms with Crippen LogP contribution in [0, 0.1) is 35.2 Å². The van der Waals surface area contributed by atoms with Crippen LogP contribution in [-0.4, -0.2) is 55.9 Å². The minimum Gasteiger partial charge on any atom is -0.452 e. The molecule has 2 aliphatic carbocycles. The Morgan fingerprint density at radius 3 is 2.45 bits per heavy atom. The number of nitrogens with one attached hydrogen (secondary N) is 1. The van der Waals surface area contributed by atoms with E-state index >= 15 is 0 Å². The Hall–Kier alpha value is -3.32. The van der Waals surface area contributed by atoms with Gasteiger partial charge in [0.15, 0.2) is 27.3 Å². The summed E-state index contributed by atoms with van der Waals surface area (Å²) in [6.07, 6.45) is -0.761. The van der Waals surface area contributed by atoms with Gasteiger partial charge in [-0.1, -0.05) is 18.5 Å². The third kappa shape index (κ3) is 4.68. The molecule has 5 rings (SSSR count). The zero-order valence-electron chi connectivity index (χ0n) is 21.2. The number of imide groups is 1. The molecule has 2 unspecified atom stereocenters. The molecule has 14 heteroatoms. The first kappa shape index (κ1) is 28.2. The lowest BCUT2D eigenvalue weighted by Crippen LogP contribution is -2.49. The highest BCUT2D eigenvalue weighted by Crippen LogP contribution is 2.56. The van der Waals surface area contributed by atoms with Crippen LogP contribution < -0.4 is 5.32 Å². The summed E-state index contributed by atoms with van der Waals surface area (Å²) in [6.45, 7) is 1.86. The molecule has 1 N–H and O–H groups in total. The number of ether oxygens (including phenoxy) is 2. The van der Waals surface area contributed by atoms with E-state index in [1.165, 1.54) is 12.1 Å². The summed E-state index contributed by atoms with van der Waals surface area (Å²) in [5, 5.41) is 1.21. The quantitative estimate of drug-likeness (QED) is 0.481. The number of hydrogen-bond donors (Lipinski definition) is 1. The summed E-state index contributed by atoms with van der Waals surface area (Å²) >= 11 is 6.31. The Balaban J connectivity index is 1.42. The number of sulfone groups is 1. The molecule has 40 heavy (non-hydrogen) atoms. The molecule has 5 atom stereocenters. The number of methoxy groups -OCH3 is 1. The molecule has 214 valence electrons. The average molecular weight is 601 g/mol. The van der Waals surface area contributed by atoms with E-state index in [0.29, 0.717) is 18.6 Å². The number of anilines is 1. The normalized spacial score (nSPS) is 27.6. The van der Waals surface area contributed by atoms with Gasteiger partial charge >= 0.3 is 12.2 Å². The van der Waals surface area contributed by atoms with E-state index in [4.69, 9.17) is 16.3 Å². The number of rotatable bonds is 4. The maximum Gasteiger partial charge on any atom is 0.420 e. The van der Waals surface area contributed by atoms with E-state index in [0.717, 1.165) is 18.1 Å². The molecule has 0 radical (unpaired) electrons. The number of fused-ring (bicyclic) bond motifs is 2. The molecule has 3 amide bonds. The monoisotopic (exact) mass is 600 g/mol. The predicted octanol–water partition coefficient (Wildman–Crippen LogP) is 5.18. The van der Waals surface area contributed by atoms with Gasteiger partial charge in [-0.25, -0.2) is 36.1 Å². The first-order valence-electron chi connectivity index (χ1n) is 12.3. The smallest absolute Gasteiger partial charge is 0.420 e. The van der Waals surface area contributed by atoms with E-state index < -0.39 is 68.1 Å². The molecule has 1 aliphatic heterocycles. The van der Waals surface area contributed by atoms with Crippen LogP contribution >= 0.6 is 11.6 Å². The molecule has 1 heterocycles. The number of carbonyl (C=O) groups excluding carboxylic acids is 3. The molecular formula is C26H24ClF3N2O7S. The fourth-order valence-corrected chi connectivity index (χ4v) is 9.28. The van der Waals surface area contributed by atoms with Crippen molar-refractivity contribution in [1.29, 1.82) is 0 Å². The number of benzene rings is 2. The predicted molar refractivity (Wildman–Crippen MR) is 135 cm³/mol. The topological polar surface area (TPSA) is 119 Å². The van der Waals surface area contributed by atoms with Gasteiger partial charge in [-0.05, 0) is 55.2 Å². The fourth-order valence-electron chi connectivity index (χ4n) is 6.38. The summed E-state index contributed by atoms with van der Waals surface area (Å²) < 4.78 is 78.7. The summed E-state index contributed by atoms with van der Waals surface area (Å²) in [4.78, 5) is 37.7. The first-order valence-corrected chi connectivity index (χ1v) is 14.3. The second-order valence-corrected chi connectivity index (χ2v) is 13.0. The van der Waals surface area contributed by atoms with Gasteiger partial charge in [0.1, 0.15) is 5.60 Å². The third-order valence-corrected chi connectivity index (χ3v) is 10.8. The van der Waals surface area contributed by atoms with Gasteiger partial charge in [0.2, 0.25) is 0 Å². The summed E-state index contributed by atoms with van der Waals surface area (Å²) in [7, 11) is -2.99. The van der Waals surface area contributed by atoms with Crippen LogP contribution in [0.2, 0.25) is 5.02 Å². The van der Waals surface area contributed by atoms with Crippen molar-refractivity contribution in [2.45, 2.75) is 41.9 Å². The largest absolute Gasteiger partial charge is 0.452 e. The van der Waals surface area contributed by atoms with Crippen molar-refractivity contribution < 1.29 is 45.4 Å². The Bertz CT molecular complexity index is 1520. The SMILES string of the molecule is COC(=O)N1C[C@@]2(CC3C[C@H](C)C(C2)[C@@H]3S(=O)(=O)c2cc(C(=O)Nc3cc(F)c(F)c(F)c3)ccc2Cl)OC1=O. The van der Waals surface area contributed by atoms with Crippen LogP contribution in [0.3, 0.4) is 0 Å². The van der Waals surface area contributed by atoms with Crippen molar-refractivity contribution in [1.82, 2.24) is 4.90 Å². The zero-order chi connectivity index (χ0) is 29.1. The molecule has 2 aromatic rings. The van der Waals surface area contributed by atoms with Crippen molar-refractivity contribution >= 4 is 45.2 Å². The number of hydrogen-bond acceptors (Lipinski definition) is 7. The molecule has 1 saturated heterocycles. The molecule has 2 aromatic carbocycles. The Morgan fingerprint density at radius 2 is 1.82 bits per heavy atom. The van der Waals surface area contributed by atoms with Gasteiger partial charge in [-0.15, -0.1) is 0 Å². The maximum atomic E-state index is 14.0. The van der Waals surface area contributed by atoms with Crippen LogP contribution in [0.25, 0.3) is 0 Å². The summed E-state index contributed by atoms with van der Waals surface area (Å²) in [5.41, 5.74) is -1.56. The molecule has 0 aromatic heterocycles. The third-order valence-electron chi connectivity index (χ3n) is 8.00. The molecule has 3 aliphatic rings. The van der Waals surface area contributed by atoms with E-state index in [1.54, 1.807) is 0 Å². The highest BCUT2D eigenvalue weighted by molar-refractivity contribution is 7.92. The lowest BCUT2D eigenvalue weighted by molar-refractivity contribution is 0.00197. The second kappa shape index (κ2) is 9.95. The Kier molecular flexibility index (Phi) is 7.02. The van der Waals surface area contributed by atoms with Gasteiger partial charge in [0, 0.05) is 23.4 Å². The number of halogens is 4. The van der Waals surface area contributed by atoms with E-state index in [1.807, 2.05) is 6.92 Å². The average Bonchev–Trinajstić information content (AvgIpc) is 3.32. The molecule has 9 nitrogen and oxygen atoms in total. The number of carbonyl (C=O) groups is 3. The minimum absolute atomic E-state index is 0.0496. The number of nitrogens with zero attached hydrogens (tertiary/aromatic N) is 1. The van der Waals surface area contributed by atoms with Crippen molar-refractivity contribution in [3.8, 4) is 0 Å². The van der Waals surface area contributed by atoms with Gasteiger partial charge in [0.05, 0.1) is 28.8 Å². The van der Waals surface area contributed by atoms with Crippen molar-refractivity contribution in [2.75, 3.05) is 19.0 Å². The molecule has 1 spiro atoms. The van der Waals surface area contributed by atoms with Crippen LogP contribution in [0.1, 0.15) is 36.5 Å². The van der Waals surface area contributed by atoms with E-state index in [-0.39, 0.29) is 46.5 Å².